The van der Waals surface area contributed by atoms with Crippen molar-refractivity contribution in [2.75, 3.05) is 31.1 Å². The van der Waals surface area contributed by atoms with Crippen molar-refractivity contribution in [1.82, 2.24) is 9.88 Å². The van der Waals surface area contributed by atoms with E-state index in [9.17, 15) is 17.6 Å². The van der Waals surface area contributed by atoms with Gasteiger partial charge in [0.25, 0.3) is 11.9 Å². The second kappa shape index (κ2) is 5.20. The third kappa shape index (κ3) is 2.72. The van der Waals surface area contributed by atoms with Gasteiger partial charge in [-0.2, -0.15) is 22.5 Å². The van der Waals surface area contributed by atoms with Crippen LogP contribution in [0.15, 0.2) is 0 Å². The number of aromatic nitrogens is 1. The van der Waals surface area contributed by atoms with Crippen LogP contribution in [0.1, 0.15) is 20.8 Å². The van der Waals surface area contributed by atoms with Gasteiger partial charge in [-0.25, -0.2) is 0 Å². The molecule has 2 heterocycles. The fourth-order valence-electron chi connectivity index (χ4n) is 2.35. The fraction of sp³-hybridized carbons (Fsp3) is 0.615. The zero-order chi connectivity index (χ0) is 15.1. The van der Waals surface area contributed by atoms with Crippen LogP contribution < -0.4 is 4.90 Å². The number of hydrogen-bond donors (Lipinski definition) is 0. The molecule has 1 saturated heterocycles. The van der Waals surface area contributed by atoms with Gasteiger partial charge in [0.05, 0.1) is 0 Å². The van der Waals surface area contributed by atoms with E-state index in [-0.39, 0.29) is 5.54 Å². The lowest BCUT2D eigenvalue weighted by atomic mass is 10.0. The second-order valence-corrected chi connectivity index (χ2v) is 5.81. The zero-order valence-corrected chi connectivity index (χ0v) is 11.7. The quantitative estimate of drug-likeness (QED) is 0.585. The highest BCUT2D eigenvalue weighted by Crippen LogP contribution is 2.28. The molecule has 1 aliphatic rings. The zero-order valence-electron chi connectivity index (χ0n) is 11.7. The molecule has 0 aliphatic carbocycles. The largest absolute Gasteiger partial charge is 0.364 e. The Morgan fingerprint density at radius 2 is 1.30 bits per heavy atom. The normalized spacial score (nSPS) is 17.6. The number of rotatable bonds is 1. The Hall–Kier alpha value is -1.37. The average molecular weight is 291 g/mol. The summed E-state index contributed by atoms with van der Waals surface area (Å²) in [6, 6.07) is 0. The monoisotopic (exact) mass is 291 g/mol. The van der Waals surface area contributed by atoms with E-state index in [1.165, 1.54) is 4.90 Å². The topological polar surface area (TPSA) is 19.4 Å². The highest BCUT2D eigenvalue weighted by atomic mass is 19.2. The minimum Gasteiger partial charge on any atom is -0.364 e. The molecule has 0 aromatic carbocycles. The van der Waals surface area contributed by atoms with Crippen molar-refractivity contribution in [3.05, 3.63) is 23.5 Å². The second-order valence-electron chi connectivity index (χ2n) is 5.81. The molecule has 20 heavy (non-hydrogen) atoms. The number of anilines is 1. The molecular weight excluding hydrogens is 274 g/mol. The van der Waals surface area contributed by atoms with E-state index in [2.05, 4.69) is 9.88 Å². The molecule has 0 spiro atoms. The Balaban J connectivity index is 2.24. The standard InChI is InChI=1S/C13H17F4N3/c1-13(2,3)20-6-4-19(5-7-20)10-8(14)11(16)18-12(17)9(10)15/h4-7H2,1-3H3. The van der Waals surface area contributed by atoms with Gasteiger partial charge in [-0.3, -0.25) is 4.90 Å². The molecule has 0 N–H and O–H groups in total. The Labute approximate surface area is 115 Å². The molecule has 0 saturated carbocycles. The van der Waals surface area contributed by atoms with Crippen molar-refractivity contribution in [3.8, 4) is 0 Å². The van der Waals surface area contributed by atoms with Crippen molar-refractivity contribution in [2.24, 2.45) is 0 Å². The van der Waals surface area contributed by atoms with Crippen LogP contribution >= 0.6 is 0 Å². The number of piperazine rings is 1. The molecule has 1 aromatic heterocycles. The van der Waals surface area contributed by atoms with Gasteiger partial charge < -0.3 is 4.90 Å². The summed E-state index contributed by atoms with van der Waals surface area (Å²) >= 11 is 0. The van der Waals surface area contributed by atoms with E-state index in [1.807, 2.05) is 20.8 Å². The molecular formula is C13H17F4N3. The molecule has 1 fully saturated rings. The predicted molar refractivity (Wildman–Crippen MR) is 67.6 cm³/mol. The molecule has 0 amide bonds. The summed E-state index contributed by atoms with van der Waals surface area (Å²) in [5.41, 5.74) is -0.721. The smallest absolute Gasteiger partial charge is 0.253 e. The van der Waals surface area contributed by atoms with Crippen molar-refractivity contribution >= 4 is 5.69 Å². The summed E-state index contributed by atoms with van der Waals surface area (Å²) in [4.78, 5) is 6.03. The van der Waals surface area contributed by atoms with Gasteiger partial charge in [-0.1, -0.05) is 0 Å². The number of pyridine rings is 1. The number of halogens is 4. The third-order valence-corrected chi connectivity index (χ3v) is 3.52. The summed E-state index contributed by atoms with van der Waals surface area (Å²) in [5.74, 6) is -6.10. The van der Waals surface area contributed by atoms with Crippen LogP contribution in [0.4, 0.5) is 23.2 Å². The van der Waals surface area contributed by atoms with Gasteiger partial charge in [0.15, 0.2) is 0 Å². The van der Waals surface area contributed by atoms with Gasteiger partial charge in [0, 0.05) is 31.7 Å². The highest BCUT2D eigenvalue weighted by molar-refractivity contribution is 5.49. The Bertz CT molecular complexity index is 479. The predicted octanol–water partition coefficient (Wildman–Crippen LogP) is 2.56. The van der Waals surface area contributed by atoms with Crippen LogP contribution in [0.3, 0.4) is 0 Å². The van der Waals surface area contributed by atoms with Crippen LogP contribution in [0, 0.1) is 23.5 Å². The van der Waals surface area contributed by atoms with Crippen LogP contribution in [-0.4, -0.2) is 41.6 Å². The molecule has 0 atom stereocenters. The van der Waals surface area contributed by atoms with Crippen LogP contribution in [0.5, 0.6) is 0 Å². The van der Waals surface area contributed by atoms with E-state index in [0.29, 0.717) is 26.2 Å². The van der Waals surface area contributed by atoms with E-state index in [4.69, 9.17) is 0 Å². The van der Waals surface area contributed by atoms with Gasteiger partial charge in [0.1, 0.15) is 5.69 Å². The summed E-state index contributed by atoms with van der Waals surface area (Å²) in [7, 11) is 0. The molecule has 0 bridgehead atoms. The average Bonchev–Trinajstić information content (AvgIpc) is 2.36. The van der Waals surface area contributed by atoms with E-state index < -0.39 is 29.2 Å². The van der Waals surface area contributed by atoms with Crippen LogP contribution in [-0.2, 0) is 0 Å². The van der Waals surface area contributed by atoms with Crippen molar-refractivity contribution in [1.29, 1.82) is 0 Å². The summed E-state index contributed by atoms with van der Waals surface area (Å²) in [6.07, 6.45) is 0. The first-order valence-corrected chi connectivity index (χ1v) is 6.42. The van der Waals surface area contributed by atoms with E-state index in [0.717, 1.165) is 0 Å². The Kier molecular flexibility index (Phi) is 3.90. The van der Waals surface area contributed by atoms with Gasteiger partial charge in [0.2, 0.25) is 11.6 Å². The SMILES string of the molecule is CC(C)(C)N1CCN(c2c(F)c(F)nc(F)c2F)CC1. The van der Waals surface area contributed by atoms with Crippen molar-refractivity contribution in [2.45, 2.75) is 26.3 Å². The molecule has 7 heteroatoms. The maximum atomic E-state index is 13.7. The van der Waals surface area contributed by atoms with Crippen LogP contribution in [0.25, 0.3) is 0 Å². The molecule has 112 valence electrons. The minimum absolute atomic E-state index is 0.0576. The van der Waals surface area contributed by atoms with Gasteiger partial charge >= 0.3 is 0 Å². The lowest BCUT2D eigenvalue weighted by molar-refractivity contribution is 0.128. The highest BCUT2D eigenvalue weighted by Gasteiger charge is 2.30. The van der Waals surface area contributed by atoms with Crippen molar-refractivity contribution < 1.29 is 17.6 Å². The molecule has 1 aliphatic heterocycles. The van der Waals surface area contributed by atoms with Crippen LogP contribution in [0.2, 0.25) is 0 Å². The lowest BCUT2D eigenvalue weighted by Crippen LogP contribution is -2.53. The molecule has 0 unspecified atom stereocenters. The molecule has 2 rings (SSSR count). The van der Waals surface area contributed by atoms with E-state index in [1.54, 1.807) is 0 Å². The first-order valence-electron chi connectivity index (χ1n) is 6.42. The minimum atomic E-state index is -1.61. The Morgan fingerprint density at radius 1 is 0.850 bits per heavy atom. The maximum absolute atomic E-state index is 13.7. The summed E-state index contributed by atoms with van der Waals surface area (Å²) in [5, 5.41) is 0. The third-order valence-electron chi connectivity index (χ3n) is 3.52. The number of nitrogens with zero attached hydrogens (tertiary/aromatic N) is 3. The maximum Gasteiger partial charge on any atom is 0.253 e. The fourth-order valence-corrected chi connectivity index (χ4v) is 2.35. The van der Waals surface area contributed by atoms with E-state index >= 15 is 0 Å². The van der Waals surface area contributed by atoms with Gasteiger partial charge in [-0.15, -0.1) is 0 Å². The molecule has 3 nitrogen and oxygen atoms in total. The van der Waals surface area contributed by atoms with Gasteiger partial charge in [-0.05, 0) is 20.8 Å². The lowest BCUT2D eigenvalue weighted by Gasteiger charge is -2.43. The summed E-state index contributed by atoms with van der Waals surface area (Å²) in [6.45, 7) is 7.84. The first kappa shape index (κ1) is 15.0. The Morgan fingerprint density at radius 3 is 1.70 bits per heavy atom. The molecule has 0 radical (unpaired) electrons. The molecule has 1 aromatic rings. The number of hydrogen-bond acceptors (Lipinski definition) is 3. The van der Waals surface area contributed by atoms with Crippen molar-refractivity contribution in [3.63, 3.8) is 0 Å². The summed E-state index contributed by atoms with van der Waals surface area (Å²) < 4.78 is 53.5. The first-order chi connectivity index (χ1) is 9.21.